The first-order valence-electron chi connectivity index (χ1n) is 9.97. The van der Waals surface area contributed by atoms with E-state index in [2.05, 4.69) is 13.8 Å². The molecule has 0 bridgehead atoms. The summed E-state index contributed by atoms with van der Waals surface area (Å²) in [6.07, 6.45) is 1.24. The molecule has 6 nitrogen and oxygen atoms in total. The molecule has 7 heteroatoms. The van der Waals surface area contributed by atoms with Gasteiger partial charge in [-0.3, -0.25) is 4.79 Å². The molecule has 0 saturated carbocycles. The summed E-state index contributed by atoms with van der Waals surface area (Å²) < 4.78 is 35.5. The summed E-state index contributed by atoms with van der Waals surface area (Å²) >= 11 is 0. The smallest absolute Gasteiger partial charge is 0.264 e. The first-order chi connectivity index (χ1) is 13.7. The Labute approximate surface area is 172 Å². The zero-order valence-corrected chi connectivity index (χ0v) is 18.2. The first-order valence-corrected chi connectivity index (χ1v) is 11.8. The highest BCUT2D eigenvalue weighted by Gasteiger charge is 2.37. The van der Waals surface area contributed by atoms with Crippen molar-refractivity contribution in [3.05, 3.63) is 53.5 Å². The number of carbonyl (C=O) groups excluding carboxylic acids is 1. The molecule has 1 aromatic carbocycles. The third-order valence-electron chi connectivity index (χ3n) is 5.28. The van der Waals surface area contributed by atoms with Crippen LogP contribution in [0.15, 0.2) is 41.0 Å². The number of aryl methyl sites for hydroxylation is 1. The molecule has 1 aliphatic rings. The topological polar surface area (TPSA) is 76.8 Å². The van der Waals surface area contributed by atoms with Gasteiger partial charge < -0.3 is 14.1 Å². The van der Waals surface area contributed by atoms with Crippen molar-refractivity contribution in [2.24, 2.45) is 0 Å². The van der Waals surface area contributed by atoms with Crippen LogP contribution in [0.3, 0.4) is 0 Å². The van der Waals surface area contributed by atoms with Gasteiger partial charge in [0.1, 0.15) is 11.5 Å². The van der Waals surface area contributed by atoms with E-state index in [4.69, 9.17) is 9.15 Å². The number of amides is 1. The Morgan fingerprint density at radius 1 is 1.28 bits per heavy atom. The van der Waals surface area contributed by atoms with E-state index >= 15 is 0 Å². The highest BCUT2D eigenvalue weighted by Crippen LogP contribution is 2.29. The average Bonchev–Trinajstić information content (AvgIpc) is 3.28. The number of furan rings is 1. The van der Waals surface area contributed by atoms with Crippen LogP contribution in [-0.2, 0) is 21.2 Å². The number of hydrogen-bond donors (Lipinski definition) is 0. The molecule has 0 spiro atoms. The Kier molecular flexibility index (Phi) is 6.36. The van der Waals surface area contributed by atoms with Crippen LogP contribution in [0, 0.1) is 6.92 Å². The summed E-state index contributed by atoms with van der Waals surface area (Å²) in [7, 11) is -3.13. The predicted octanol–water partition coefficient (Wildman–Crippen LogP) is 3.69. The second-order valence-electron chi connectivity index (χ2n) is 8.06. The maximum Gasteiger partial charge on any atom is 0.264 e. The van der Waals surface area contributed by atoms with Crippen LogP contribution in [-0.4, -0.2) is 42.9 Å². The van der Waals surface area contributed by atoms with Crippen LogP contribution in [0.4, 0.5) is 0 Å². The van der Waals surface area contributed by atoms with Crippen molar-refractivity contribution in [2.45, 2.75) is 58.7 Å². The van der Waals surface area contributed by atoms with Gasteiger partial charge in [-0.25, -0.2) is 8.42 Å². The molecule has 0 unspecified atom stereocenters. The van der Waals surface area contributed by atoms with Gasteiger partial charge in [0, 0.05) is 6.04 Å². The molecule has 3 rings (SSSR count). The van der Waals surface area contributed by atoms with Crippen LogP contribution in [0.2, 0.25) is 0 Å². The number of nitrogens with zero attached hydrogens (tertiary/aromatic N) is 1. The zero-order chi connectivity index (χ0) is 21.2. The molecule has 2 atom stereocenters. The van der Waals surface area contributed by atoms with Crippen LogP contribution in [0.25, 0.3) is 0 Å². The quantitative estimate of drug-likeness (QED) is 0.684. The molecule has 2 aromatic rings. The van der Waals surface area contributed by atoms with Gasteiger partial charge in [-0.1, -0.05) is 26.0 Å². The van der Waals surface area contributed by atoms with Crippen molar-refractivity contribution in [1.29, 1.82) is 0 Å². The monoisotopic (exact) mass is 419 g/mol. The fourth-order valence-corrected chi connectivity index (χ4v) is 5.40. The number of hydrogen-bond acceptors (Lipinski definition) is 5. The third-order valence-corrected chi connectivity index (χ3v) is 7.03. The second kappa shape index (κ2) is 8.61. The van der Waals surface area contributed by atoms with Crippen molar-refractivity contribution in [1.82, 2.24) is 4.90 Å². The Morgan fingerprint density at radius 3 is 2.62 bits per heavy atom. The zero-order valence-electron chi connectivity index (χ0n) is 17.4. The van der Waals surface area contributed by atoms with E-state index < -0.39 is 15.9 Å². The molecule has 0 N–H and O–H groups in total. The molecular weight excluding hydrogens is 390 g/mol. The molecule has 1 fully saturated rings. The van der Waals surface area contributed by atoms with Crippen molar-refractivity contribution in [3.8, 4) is 5.75 Å². The number of ether oxygens (including phenoxy) is 1. The molecule has 0 aliphatic carbocycles. The molecule has 29 heavy (non-hydrogen) atoms. The predicted molar refractivity (Wildman–Crippen MR) is 112 cm³/mol. The molecule has 1 amide bonds. The molecule has 0 radical (unpaired) electrons. The van der Waals surface area contributed by atoms with E-state index in [1.807, 2.05) is 25.1 Å². The summed E-state index contributed by atoms with van der Waals surface area (Å²) in [6.45, 7) is 8.08. The van der Waals surface area contributed by atoms with E-state index in [0.717, 1.165) is 11.1 Å². The van der Waals surface area contributed by atoms with Crippen molar-refractivity contribution >= 4 is 15.7 Å². The lowest BCUT2D eigenvalue weighted by molar-refractivity contribution is -0.141. The second-order valence-corrected chi connectivity index (χ2v) is 10.3. The van der Waals surface area contributed by atoms with E-state index in [1.54, 1.807) is 30.2 Å². The number of sulfone groups is 1. The van der Waals surface area contributed by atoms with Gasteiger partial charge in [-0.2, -0.15) is 0 Å². The molecule has 1 aromatic heterocycles. The van der Waals surface area contributed by atoms with Crippen molar-refractivity contribution in [2.75, 3.05) is 11.5 Å². The summed E-state index contributed by atoms with van der Waals surface area (Å²) in [5.41, 5.74) is 2.09. The van der Waals surface area contributed by atoms with Gasteiger partial charge in [0.15, 0.2) is 15.9 Å². The lowest BCUT2D eigenvalue weighted by atomic mass is 10.0. The Hall–Kier alpha value is -2.28. The normalized spacial score (nSPS) is 19.3. The SMILES string of the molecule is Cc1ccc(C(C)C)c(O[C@H](C)C(=O)N(Cc2ccco2)[C@@H]2CCS(=O)(=O)C2)c1. The summed E-state index contributed by atoms with van der Waals surface area (Å²) in [4.78, 5) is 14.9. The number of carbonyl (C=O) groups is 1. The number of benzene rings is 1. The highest BCUT2D eigenvalue weighted by atomic mass is 32.2. The maximum atomic E-state index is 13.3. The minimum absolute atomic E-state index is 0.0200. The fourth-order valence-electron chi connectivity index (χ4n) is 3.67. The molecular formula is C22H29NO5S. The fraction of sp³-hybridized carbons (Fsp3) is 0.500. The molecule has 2 heterocycles. The summed E-state index contributed by atoms with van der Waals surface area (Å²) in [5.74, 6) is 1.41. The van der Waals surface area contributed by atoms with Crippen LogP contribution in [0.5, 0.6) is 5.75 Å². The Bertz CT molecular complexity index is 950. The van der Waals surface area contributed by atoms with Gasteiger partial charge in [-0.05, 0) is 55.5 Å². The van der Waals surface area contributed by atoms with E-state index in [-0.39, 0.29) is 35.9 Å². The molecule has 1 saturated heterocycles. The highest BCUT2D eigenvalue weighted by molar-refractivity contribution is 7.91. The van der Waals surface area contributed by atoms with Gasteiger partial charge in [-0.15, -0.1) is 0 Å². The Morgan fingerprint density at radius 2 is 2.03 bits per heavy atom. The minimum Gasteiger partial charge on any atom is -0.481 e. The third kappa shape index (κ3) is 5.21. The van der Waals surface area contributed by atoms with Gasteiger partial charge in [0.25, 0.3) is 5.91 Å². The van der Waals surface area contributed by atoms with Crippen molar-refractivity contribution < 1.29 is 22.4 Å². The lowest BCUT2D eigenvalue weighted by Crippen LogP contribution is -2.46. The molecule has 158 valence electrons. The van der Waals surface area contributed by atoms with Crippen LogP contribution < -0.4 is 4.74 Å². The summed E-state index contributed by atoms with van der Waals surface area (Å²) in [5, 5.41) is 0. The Balaban J connectivity index is 1.82. The summed E-state index contributed by atoms with van der Waals surface area (Å²) in [6, 6.07) is 9.16. The largest absolute Gasteiger partial charge is 0.481 e. The van der Waals surface area contributed by atoms with Gasteiger partial charge in [0.2, 0.25) is 0 Å². The van der Waals surface area contributed by atoms with Crippen LogP contribution >= 0.6 is 0 Å². The van der Waals surface area contributed by atoms with Crippen molar-refractivity contribution in [3.63, 3.8) is 0 Å². The van der Waals surface area contributed by atoms with Crippen LogP contribution in [0.1, 0.15) is 50.0 Å². The average molecular weight is 420 g/mol. The standard InChI is InChI=1S/C22H29NO5S/c1-15(2)20-8-7-16(3)12-21(20)28-17(4)22(24)23(13-19-6-5-10-27-19)18-9-11-29(25,26)14-18/h5-8,10,12,15,17-18H,9,11,13-14H2,1-4H3/t17-,18-/m1/s1. The van der Waals surface area contributed by atoms with E-state index in [0.29, 0.717) is 17.9 Å². The van der Waals surface area contributed by atoms with Gasteiger partial charge in [0.05, 0.1) is 24.3 Å². The molecule has 1 aliphatic heterocycles. The minimum atomic E-state index is -3.13. The van der Waals surface area contributed by atoms with Gasteiger partial charge >= 0.3 is 0 Å². The lowest BCUT2D eigenvalue weighted by Gasteiger charge is -2.30. The van der Waals surface area contributed by atoms with E-state index in [9.17, 15) is 13.2 Å². The van der Waals surface area contributed by atoms with E-state index in [1.165, 1.54) is 0 Å². The maximum absolute atomic E-state index is 13.3. The first kappa shape index (κ1) is 21.4. The number of rotatable bonds is 7.